The van der Waals surface area contributed by atoms with Gasteiger partial charge in [-0.2, -0.15) is 13.2 Å². The predicted octanol–water partition coefficient (Wildman–Crippen LogP) is 2.57. The molecule has 0 atom stereocenters. The van der Waals surface area contributed by atoms with Crippen LogP contribution < -0.4 is 10.1 Å². The minimum Gasteiger partial charge on any atom is -0.495 e. The Kier molecular flexibility index (Phi) is 5.14. The van der Waals surface area contributed by atoms with Crippen molar-refractivity contribution in [2.75, 3.05) is 18.2 Å². The van der Waals surface area contributed by atoms with E-state index in [-0.39, 0.29) is 10.9 Å². The van der Waals surface area contributed by atoms with Crippen molar-refractivity contribution < 1.29 is 22.7 Å². The number of carbonyl (C=O) groups excluding carboxylic acids is 1. The number of thioether (sulfide) groups is 1. The lowest BCUT2D eigenvalue weighted by molar-refractivity contribution is -0.147. The molecule has 0 radical (unpaired) electrons. The normalized spacial score (nSPS) is 11.3. The zero-order valence-corrected chi connectivity index (χ0v) is 13.0. The Morgan fingerprint density at radius 1 is 1.35 bits per heavy atom. The number of anilines is 1. The van der Waals surface area contributed by atoms with Gasteiger partial charge in [0.1, 0.15) is 5.75 Å². The predicted molar refractivity (Wildman–Crippen MR) is 78.4 cm³/mol. The molecule has 0 aliphatic heterocycles. The zero-order valence-electron chi connectivity index (χ0n) is 12.2. The highest BCUT2D eigenvalue weighted by atomic mass is 32.2. The van der Waals surface area contributed by atoms with Crippen molar-refractivity contribution in [1.29, 1.82) is 0 Å². The molecule has 0 spiro atoms. The Morgan fingerprint density at radius 2 is 2.04 bits per heavy atom. The minimum absolute atomic E-state index is 0.00695. The van der Waals surface area contributed by atoms with E-state index in [4.69, 9.17) is 4.74 Å². The molecular weight excluding hydrogens is 333 g/mol. The molecule has 2 rings (SSSR count). The van der Waals surface area contributed by atoms with Crippen molar-refractivity contribution in [2.24, 2.45) is 7.05 Å². The highest BCUT2D eigenvalue weighted by Gasteiger charge is 2.37. The van der Waals surface area contributed by atoms with Crippen LogP contribution in [0.1, 0.15) is 5.82 Å². The number of ether oxygens (including phenoxy) is 1. The quantitative estimate of drug-likeness (QED) is 0.843. The molecule has 1 heterocycles. The summed E-state index contributed by atoms with van der Waals surface area (Å²) in [7, 11) is 2.67. The van der Waals surface area contributed by atoms with Gasteiger partial charge in [-0.1, -0.05) is 23.9 Å². The number of halogens is 3. The summed E-state index contributed by atoms with van der Waals surface area (Å²) >= 11 is 0.861. The van der Waals surface area contributed by atoms with Crippen LogP contribution in [0.3, 0.4) is 0 Å². The third kappa shape index (κ3) is 4.15. The fourth-order valence-corrected chi connectivity index (χ4v) is 2.46. The van der Waals surface area contributed by atoms with Crippen molar-refractivity contribution >= 4 is 23.4 Å². The topological polar surface area (TPSA) is 69.0 Å². The van der Waals surface area contributed by atoms with Gasteiger partial charge in [0.25, 0.3) is 0 Å². The lowest BCUT2D eigenvalue weighted by Crippen LogP contribution is -2.16. The molecule has 2 aromatic rings. The van der Waals surface area contributed by atoms with Gasteiger partial charge in [0.2, 0.25) is 11.7 Å². The van der Waals surface area contributed by atoms with Crippen molar-refractivity contribution in [3.63, 3.8) is 0 Å². The standard InChI is InChI=1S/C13H13F3N4O2S/c1-20-11(13(14,15)16)18-19-12(20)23-7-10(21)17-8-5-3-4-6-9(8)22-2/h3-6H,7H2,1-2H3,(H,17,21). The average molecular weight is 346 g/mol. The van der Waals surface area contributed by atoms with Gasteiger partial charge in [0.05, 0.1) is 18.6 Å². The molecule has 1 aromatic carbocycles. The molecule has 0 bridgehead atoms. The zero-order chi connectivity index (χ0) is 17.0. The number of aromatic nitrogens is 3. The van der Waals surface area contributed by atoms with E-state index in [0.29, 0.717) is 11.4 Å². The molecule has 0 aliphatic rings. The molecular formula is C13H13F3N4O2S. The number of benzene rings is 1. The summed E-state index contributed by atoms with van der Waals surface area (Å²) < 4.78 is 43.7. The maximum Gasteiger partial charge on any atom is 0.451 e. The van der Waals surface area contributed by atoms with Crippen molar-refractivity contribution in [3.05, 3.63) is 30.1 Å². The van der Waals surface area contributed by atoms with Gasteiger partial charge in [-0.3, -0.25) is 4.79 Å². The van der Waals surface area contributed by atoms with Crippen LogP contribution in [0.4, 0.5) is 18.9 Å². The molecule has 1 amide bonds. The number of rotatable bonds is 5. The molecule has 0 saturated carbocycles. The molecule has 0 unspecified atom stereocenters. The van der Waals surface area contributed by atoms with E-state index >= 15 is 0 Å². The second kappa shape index (κ2) is 6.90. The Morgan fingerprint density at radius 3 is 2.65 bits per heavy atom. The van der Waals surface area contributed by atoms with Crippen LogP contribution in [0.2, 0.25) is 0 Å². The number of hydrogen-bond donors (Lipinski definition) is 1. The second-order valence-corrected chi connectivity index (χ2v) is 5.34. The van der Waals surface area contributed by atoms with Crippen LogP contribution in [-0.2, 0) is 18.0 Å². The van der Waals surface area contributed by atoms with Gasteiger partial charge in [-0.15, -0.1) is 10.2 Å². The van der Waals surface area contributed by atoms with E-state index < -0.39 is 17.9 Å². The molecule has 1 aromatic heterocycles. The fourth-order valence-electron chi connectivity index (χ4n) is 1.75. The molecule has 124 valence electrons. The van der Waals surface area contributed by atoms with E-state index in [0.717, 1.165) is 16.3 Å². The first-order chi connectivity index (χ1) is 10.8. The van der Waals surface area contributed by atoms with E-state index in [2.05, 4.69) is 15.5 Å². The van der Waals surface area contributed by atoms with Crippen LogP contribution in [-0.4, -0.2) is 33.5 Å². The number of methoxy groups -OCH3 is 1. The van der Waals surface area contributed by atoms with Crippen LogP contribution in [0.15, 0.2) is 29.4 Å². The summed E-state index contributed by atoms with van der Waals surface area (Å²) in [6.07, 6.45) is -4.58. The number of carbonyl (C=O) groups is 1. The van der Waals surface area contributed by atoms with Gasteiger partial charge in [-0.05, 0) is 12.1 Å². The molecule has 0 saturated heterocycles. The van der Waals surface area contributed by atoms with Crippen LogP contribution in [0, 0.1) is 0 Å². The summed E-state index contributed by atoms with van der Waals surface area (Å²) in [5.74, 6) is -1.12. The average Bonchev–Trinajstić information content (AvgIpc) is 2.87. The Hall–Kier alpha value is -2.23. The third-order valence-electron chi connectivity index (χ3n) is 2.80. The number of para-hydroxylation sites is 2. The molecule has 10 heteroatoms. The van der Waals surface area contributed by atoms with Gasteiger partial charge in [-0.25, -0.2) is 0 Å². The summed E-state index contributed by atoms with van der Waals surface area (Å²) in [6, 6.07) is 6.82. The van der Waals surface area contributed by atoms with Gasteiger partial charge in [0.15, 0.2) is 5.16 Å². The number of nitrogens with one attached hydrogen (secondary N) is 1. The first-order valence-electron chi connectivity index (χ1n) is 6.35. The molecule has 1 N–H and O–H groups in total. The third-order valence-corrected chi connectivity index (χ3v) is 3.82. The van der Waals surface area contributed by atoms with Crippen LogP contribution >= 0.6 is 11.8 Å². The monoisotopic (exact) mass is 346 g/mol. The fraction of sp³-hybridized carbons (Fsp3) is 0.308. The van der Waals surface area contributed by atoms with Crippen LogP contribution in [0.5, 0.6) is 5.75 Å². The van der Waals surface area contributed by atoms with Crippen LogP contribution in [0.25, 0.3) is 0 Å². The Balaban J connectivity index is 1.99. The number of alkyl halides is 3. The smallest absolute Gasteiger partial charge is 0.451 e. The molecule has 6 nitrogen and oxygen atoms in total. The SMILES string of the molecule is COc1ccccc1NC(=O)CSc1nnc(C(F)(F)F)n1C. The highest BCUT2D eigenvalue weighted by Crippen LogP contribution is 2.29. The largest absolute Gasteiger partial charge is 0.495 e. The van der Waals surface area contributed by atoms with Gasteiger partial charge in [0, 0.05) is 7.05 Å². The van der Waals surface area contributed by atoms with Crippen molar-refractivity contribution in [3.8, 4) is 5.75 Å². The minimum atomic E-state index is -4.58. The number of nitrogens with zero attached hydrogens (tertiary/aromatic N) is 3. The van der Waals surface area contributed by atoms with E-state index in [1.807, 2.05) is 0 Å². The van der Waals surface area contributed by atoms with E-state index in [1.165, 1.54) is 14.2 Å². The van der Waals surface area contributed by atoms with Gasteiger partial charge < -0.3 is 14.6 Å². The van der Waals surface area contributed by atoms with E-state index in [1.54, 1.807) is 24.3 Å². The summed E-state index contributed by atoms with van der Waals surface area (Å²) in [4.78, 5) is 11.9. The van der Waals surface area contributed by atoms with Crippen molar-refractivity contribution in [2.45, 2.75) is 11.3 Å². The summed E-state index contributed by atoms with van der Waals surface area (Å²) in [6.45, 7) is 0. The lowest BCUT2D eigenvalue weighted by Gasteiger charge is -2.09. The van der Waals surface area contributed by atoms with Gasteiger partial charge >= 0.3 is 6.18 Å². The maximum atomic E-state index is 12.6. The summed E-state index contributed by atoms with van der Waals surface area (Å²) in [5.41, 5.74) is 0.481. The Labute approximate surface area is 134 Å². The number of hydrogen-bond acceptors (Lipinski definition) is 5. The molecule has 0 aliphatic carbocycles. The second-order valence-electron chi connectivity index (χ2n) is 4.40. The highest BCUT2D eigenvalue weighted by molar-refractivity contribution is 7.99. The molecule has 23 heavy (non-hydrogen) atoms. The molecule has 0 fully saturated rings. The lowest BCUT2D eigenvalue weighted by atomic mass is 10.3. The van der Waals surface area contributed by atoms with E-state index in [9.17, 15) is 18.0 Å². The maximum absolute atomic E-state index is 12.6. The first-order valence-corrected chi connectivity index (χ1v) is 7.33. The summed E-state index contributed by atoms with van der Waals surface area (Å²) in [5, 5.41) is 9.17. The first kappa shape index (κ1) is 17.1. The number of amides is 1. The Bertz CT molecular complexity index is 703. The van der Waals surface area contributed by atoms with Crippen molar-refractivity contribution in [1.82, 2.24) is 14.8 Å².